The Bertz CT molecular complexity index is 382. The zero-order valence-corrected chi connectivity index (χ0v) is 11.5. The quantitative estimate of drug-likeness (QED) is 0.806. The molecule has 1 aromatic rings. The summed E-state index contributed by atoms with van der Waals surface area (Å²) in [5.74, 6) is 0.853. The summed E-state index contributed by atoms with van der Waals surface area (Å²) in [6, 6.07) is 5.66. The van der Waals surface area contributed by atoms with Crippen LogP contribution in [0.2, 0.25) is 5.02 Å². The topological polar surface area (TPSA) is 21.3 Å². The largest absolute Gasteiger partial charge is 0.489 e. The van der Waals surface area contributed by atoms with Crippen molar-refractivity contribution in [2.45, 2.75) is 32.9 Å². The fourth-order valence-electron chi connectivity index (χ4n) is 1.34. The first-order chi connectivity index (χ1) is 7.92. The average molecular weight is 254 g/mol. The molecule has 0 bridgehead atoms. The maximum absolute atomic E-state index is 6.00. The Morgan fingerprint density at radius 2 is 2.12 bits per heavy atom. The smallest absolute Gasteiger partial charge is 0.124 e. The van der Waals surface area contributed by atoms with Crippen LogP contribution in [0.25, 0.3) is 0 Å². The van der Waals surface area contributed by atoms with E-state index in [4.69, 9.17) is 16.3 Å². The highest BCUT2D eigenvalue weighted by molar-refractivity contribution is 6.30. The number of hydrogen-bond acceptors (Lipinski definition) is 2. The third kappa shape index (κ3) is 5.24. The average Bonchev–Trinajstić information content (AvgIpc) is 2.24. The van der Waals surface area contributed by atoms with Crippen molar-refractivity contribution in [1.29, 1.82) is 0 Å². The first kappa shape index (κ1) is 14.1. The SMILES string of the molecule is C=CCOc1ccc(Cl)cc1CNC(C)(C)C. The predicted octanol–water partition coefficient (Wildman–Crippen LogP) is 3.79. The molecule has 94 valence electrons. The third-order valence-electron chi connectivity index (χ3n) is 2.19. The molecule has 0 aliphatic carbocycles. The first-order valence-electron chi connectivity index (χ1n) is 5.69. The van der Waals surface area contributed by atoms with Crippen LogP contribution >= 0.6 is 11.6 Å². The highest BCUT2D eigenvalue weighted by atomic mass is 35.5. The molecule has 17 heavy (non-hydrogen) atoms. The summed E-state index contributed by atoms with van der Waals surface area (Å²) in [5, 5.41) is 4.14. The number of halogens is 1. The molecule has 0 spiro atoms. The van der Waals surface area contributed by atoms with E-state index in [0.717, 1.165) is 22.9 Å². The molecule has 2 nitrogen and oxygen atoms in total. The summed E-state index contributed by atoms with van der Waals surface area (Å²) in [6.07, 6.45) is 1.73. The second-order valence-electron chi connectivity index (χ2n) is 4.96. The van der Waals surface area contributed by atoms with Crippen LogP contribution in [0, 0.1) is 0 Å². The number of nitrogens with one attached hydrogen (secondary N) is 1. The fraction of sp³-hybridized carbons (Fsp3) is 0.429. The van der Waals surface area contributed by atoms with E-state index < -0.39 is 0 Å². The van der Waals surface area contributed by atoms with Gasteiger partial charge in [0.25, 0.3) is 0 Å². The number of hydrogen-bond donors (Lipinski definition) is 1. The lowest BCUT2D eigenvalue weighted by Crippen LogP contribution is -2.35. The summed E-state index contributed by atoms with van der Waals surface area (Å²) < 4.78 is 5.59. The van der Waals surface area contributed by atoms with Gasteiger partial charge in [-0.05, 0) is 39.0 Å². The van der Waals surface area contributed by atoms with E-state index in [1.54, 1.807) is 6.08 Å². The first-order valence-corrected chi connectivity index (χ1v) is 6.07. The van der Waals surface area contributed by atoms with Crippen molar-refractivity contribution in [2.75, 3.05) is 6.61 Å². The van der Waals surface area contributed by atoms with Gasteiger partial charge >= 0.3 is 0 Å². The van der Waals surface area contributed by atoms with Gasteiger partial charge in [0.2, 0.25) is 0 Å². The Labute approximate surface area is 109 Å². The molecular formula is C14H20ClNO. The molecule has 0 saturated carbocycles. The number of rotatable bonds is 5. The van der Waals surface area contributed by atoms with E-state index in [2.05, 4.69) is 32.7 Å². The lowest BCUT2D eigenvalue weighted by Gasteiger charge is -2.21. The summed E-state index contributed by atoms with van der Waals surface area (Å²) >= 11 is 6.00. The maximum atomic E-state index is 6.00. The van der Waals surface area contributed by atoms with Gasteiger partial charge in [-0.1, -0.05) is 24.3 Å². The van der Waals surface area contributed by atoms with E-state index in [1.807, 2.05) is 18.2 Å². The van der Waals surface area contributed by atoms with E-state index in [9.17, 15) is 0 Å². The van der Waals surface area contributed by atoms with Crippen molar-refractivity contribution in [1.82, 2.24) is 5.32 Å². The van der Waals surface area contributed by atoms with Crippen LogP contribution < -0.4 is 10.1 Å². The fourth-order valence-corrected chi connectivity index (χ4v) is 1.53. The maximum Gasteiger partial charge on any atom is 0.124 e. The molecule has 1 aromatic carbocycles. The minimum Gasteiger partial charge on any atom is -0.489 e. The molecule has 0 radical (unpaired) electrons. The number of benzene rings is 1. The second kappa shape index (κ2) is 6.08. The molecule has 0 heterocycles. The molecule has 0 saturated heterocycles. The molecule has 0 atom stereocenters. The second-order valence-corrected chi connectivity index (χ2v) is 5.39. The summed E-state index contributed by atoms with van der Waals surface area (Å²) in [6.45, 7) is 11.3. The van der Waals surface area contributed by atoms with Crippen LogP contribution in [0.15, 0.2) is 30.9 Å². The van der Waals surface area contributed by atoms with E-state index in [1.165, 1.54) is 0 Å². The van der Waals surface area contributed by atoms with Gasteiger partial charge < -0.3 is 10.1 Å². The van der Waals surface area contributed by atoms with Crippen LogP contribution in [-0.2, 0) is 6.54 Å². The van der Waals surface area contributed by atoms with Crippen molar-refractivity contribution in [3.8, 4) is 5.75 Å². The highest BCUT2D eigenvalue weighted by Gasteiger charge is 2.11. The Kier molecular flexibility index (Phi) is 5.03. The van der Waals surface area contributed by atoms with Crippen LogP contribution in [-0.4, -0.2) is 12.1 Å². The van der Waals surface area contributed by atoms with Gasteiger partial charge in [-0.15, -0.1) is 0 Å². The Morgan fingerprint density at radius 1 is 1.41 bits per heavy atom. The molecule has 0 aliphatic heterocycles. The Morgan fingerprint density at radius 3 is 2.71 bits per heavy atom. The third-order valence-corrected chi connectivity index (χ3v) is 2.42. The molecule has 0 aromatic heterocycles. The molecule has 0 aliphatic rings. The van der Waals surface area contributed by atoms with Crippen LogP contribution in [0.1, 0.15) is 26.3 Å². The normalized spacial score (nSPS) is 11.3. The zero-order chi connectivity index (χ0) is 12.9. The monoisotopic (exact) mass is 253 g/mol. The van der Waals surface area contributed by atoms with Gasteiger partial charge in [-0.2, -0.15) is 0 Å². The minimum absolute atomic E-state index is 0.0675. The van der Waals surface area contributed by atoms with Crippen molar-refractivity contribution in [3.05, 3.63) is 41.4 Å². The molecule has 0 fully saturated rings. The number of ether oxygens (including phenoxy) is 1. The molecule has 0 unspecified atom stereocenters. The summed E-state index contributed by atoms with van der Waals surface area (Å²) in [4.78, 5) is 0. The van der Waals surface area contributed by atoms with Crippen LogP contribution in [0.4, 0.5) is 0 Å². The molecule has 0 amide bonds. The highest BCUT2D eigenvalue weighted by Crippen LogP contribution is 2.23. The predicted molar refractivity (Wildman–Crippen MR) is 73.7 cm³/mol. The Hall–Kier alpha value is -0.990. The minimum atomic E-state index is 0.0675. The van der Waals surface area contributed by atoms with Gasteiger partial charge in [-0.25, -0.2) is 0 Å². The molecule has 1 N–H and O–H groups in total. The van der Waals surface area contributed by atoms with Crippen molar-refractivity contribution >= 4 is 11.6 Å². The van der Waals surface area contributed by atoms with E-state index >= 15 is 0 Å². The van der Waals surface area contributed by atoms with E-state index in [0.29, 0.717) is 6.61 Å². The van der Waals surface area contributed by atoms with Crippen LogP contribution in [0.3, 0.4) is 0 Å². The van der Waals surface area contributed by atoms with Gasteiger partial charge in [0.1, 0.15) is 12.4 Å². The molecular weight excluding hydrogens is 234 g/mol. The van der Waals surface area contributed by atoms with E-state index in [-0.39, 0.29) is 5.54 Å². The van der Waals surface area contributed by atoms with Crippen molar-refractivity contribution < 1.29 is 4.74 Å². The zero-order valence-electron chi connectivity index (χ0n) is 10.7. The summed E-state index contributed by atoms with van der Waals surface area (Å²) in [7, 11) is 0. The van der Waals surface area contributed by atoms with Gasteiger partial charge in [0.05, 0.1) is 0 Å². The van der Waals surface area contributed by atoms with Gasteiger partial charge in [-0.3, -0.25) is 0 Å². The van der Waals surface area contributed by atoms with Gasteiger partial charge in [0.15, 0.2) is 0 Å². The standard InChI is InChI=1S/C14H20ClNO/c1-5-8-17-13-7-6-12(15)9-11(13)10-16-14(2,3)4/h5-7,9,16H,1,8,10H2,2-4H3. The summed E-state index contributed by atoms with van der Waals surface area (Å²) in [5.41, 5.74) is 1.13. The van der Waals surface area contributed by atoms with Gasteiger partial charge in [0, 0.05) is 22.7 Å². The lowest BCUT2D eigenvalue weighted by atomic mass is 10.1. The van der Waals surface area contributed by atoms with Crippen molar-refractivity contribution in [2.24, 2.45) is 0 Å². The lowest BCUT2D eigenvalue weighted by molar-refractivity contribution is 0.352. The molecule has 3 heteroatoms. The Balaban J connectivity index is 2.79. The molecule has 1 rings (SSSR count). The van der Waals surface area contributed by atoms with Crippen molar-refractivity contribution in [3.63, 3.8) is 0 Å². The van der Waals surface area contributed by atoms with Crippen LogP contribution in [0.5, 0.6) is 5.75 Å².